The highest BCUT2D eigenvalue weighted by molar-refractivity contribution is 5.79. The summed E-state index contributed by atoms with van der Waals surface area (Å²) in [4.78, 5) is 11.7. The van der Waals surface area contributed by atoms with Crippen molar-refractivity contribution in [3.8, 4) is 0 Å². The molecule has 3 heteroatoms. The van der Waals surface area contributed by atoms with Gasteiger partial charge < -0.3 is 10.1 Å². The first kappa shape index (κ1) is 12.5. The maximum atomic E-state index is 11.7. The predicted molar refractivity (Wildman–Crippen MR) is 60.7 cm³/mol. The molecule has 0 aromatic carbocycles. The smallest absolute Gasteiger partial charge is 0.325 e. The van der Waals surface area contributed by atoms with Crippen LogP contribution in [0.3, 0.4) is 0 Å². The van der Waals surface area contributed by atoms with Crippen molar-refractivity contribution < 1.29 is 9.53 Å². The van der Waals surface area contributed by atoms with Gasteiger partial charge in [-0.2, -0.15) is 0 Å². The highest BCUT2D eigenvalue weighted by Gasteiger charge is 2.27. The fraction of sp³-hybridized carbons (Fsp3) is 0.917. The highest BCUT2D eigenvalue weighted by Crippen LogP contribution is 2.24. The maximum Gasteiger partial charge on any atom is 0.325 e. The minimum Gasteiger partial charge on any atom is -0.464 e. The van der Waals surface area contributed by atoms with E-state index in [0.717, 1.165) is 0 Å². The van der Waals surface area contributed by atoms with E-state index in [0.29, 0.717) is 12.5 Å². The lowest BCUT2D eigenvalue weighted by molar-refractivity contribution is -0.151. The molecule has 1 saturated carbocycles. The second-order valence-electron chi connectivity index (χ2n) is 4.98. The van der Waals surface area contributed by atoms with Crippen LogP contribution in [-0.2, 0) is 9.53 Å². The lowest BCUT2D eigenvalue weighted by Gasteiger charge is -2.25. The summed E-state index contributed by atoms with van der Waals surface area (Å²) in [6.45, 7) is 4.29. The number of likely N-dealkylation sites (N-methyl/N-ethyl adjacent to an activating group) is 1. The van der Waals surface area contributed by atoms with Crippen molar-refractivity contribution in [2.75, 3.05) is 13.7 Å². The summed E-state index contributed by atoms with van der Waals surface area (Å²) in [6, 6.07) is 0. The summed E-state index contributed by atoms with van der Waals surface area (Å²) in [5.41, 5.74) is -0.561. The van der Waals surface area contributed by atoms with Crippen molar-refractivity contribution in [3.63, 3.8) is 0 Å². The Bertz CT molecular complexity index is 208. The third-order valence-corrected chi connectivity index (χ3v) is 3.31. The molecule has 0 spiro atoms. The monoisotopic (exact) mass is 213 g/mol. The van der Waals surface area contributed by atoms with Gasteiger partial charge in [-0.3, -0.25) is 4.79 Å². The van der Waals surface area contributed by atoms with Crippen molar-refractivity contribution in [1.29, 1.82) is 0 Å². The van der Waals surface area contributed by atoms with Crippen LogP contribution in [0, 0.1) is 5.92 Å². The zero-order chi connectivity index (χ0) is 11.3. The zero-order valence-corrected chi connectivity index (χ0v) is 10.1. The quantitative estimate of drug-likeness (QED) is 0.727. The molecule has 1 rings (SSSR count). The van der Waals surface area contributed by atoms with Crippen LogP contribution in [0.5, 0.6) is 0 Å². The number of ether oxygens (including phenoxy) is 1. The molecular formula is C12H23NO2. The molecule has 0 atom stereocenters. The van der Waals surface area contributed by atoms with E-state index in [1.54, 1.807) is 7.05 Å². The Hall–Kier alpha value is -0.570. The van der Waals surface area contributed by atoms with Crippen LogP contribution in [0.15, 0.2) is 0 Å². The Labute approximate surface area is 92.6 Å². The van der Waals surface area contributed by atoms with Crippen molar-refractivity contribution >= 4 is 5.97 Å². The number of rotatable bonds is 4. The summed E-state index contributed by atoms with van der Waals surface area (Å²) in [5, 5.41) is 2.95. The summed E-state index contributed by atoms with van der Waals surface area (Å²) in [6.07, 6.45) is 6.35. The molecule has 0 bridgehead atoms. The Kier molecular flexibility index (Phi) is 4.58. The first-order chi connectivity index (χ1) is 7.06. The molecule has 0 aromatic rings. The van der Waals surface area contributed by atoms with Gasteiger partial charge >= 0.3 is 5.97 Å². The normalized spacial score (nSPS) is 18.9. The number of nitrogens with one attached hydrogen (secondary N) is 1. The van der Waals surface area contributed by atoms with E-state index in [-0.39, 0.29) is 5.97 Å². The van der Waals surface area contributed by atoms with E-state index >= 15 is 0 Å². The molecule has 1 N–H and O–H groups in total. The summed E-state index contributed by atoms with van der Waals surface area (Å²) < 4.78 is 5.34. The third kappa shape index (κ3) is 3.82. The molecule has 15 heavy (non-hydrogen) atoms. The molecule has 0 amide bonds. The van der Waals surface area contributed by atoms with Gasteiger partial charge in [-0.15, -0.1) is 0 Å². The van der Waals surface area contributed by atoms with E-state index in [9.17, 15) is 4.79 Å². The number of carbonyl (C=O) groups is 1. The van der Waals surface area contributed by atoms with Crippen LogP contribution in [0.2, 0.25) is 0 Å². The van der Waals surface area contributed by atoms with Crippen molar-refractivity contribution in [2.24, 2.45) is 5.92 Å². The minimum atomic E-state index is -0.561. The summed E-state index contributed by atoms with van der Waals surface area (Å²) in [7, 11) is 1.78. The second-order valence-corrected chi connectivity index (χ2v) is 4.98. The standard InChI is InChI=1S/C12H23NO2/c1-12(2,13-3)11(14)15-9-10-7-5-4-6-8-10/h10,13H,4-9H2,1-3H3. The van der Waals surface area contributed by atoms with Crippen molar-refractivity contribution in [2.45, 2.75) is 51.5 Å². The SMILES string of the molecule is CNC(C)(C)C(=O)OCC1CCCCC1. The third-order valence-electron chi connectivity index (χ3n) is 3.31. The van der Waals surface area contributed by atoms with Gasteiger partial charge in [0, 0.05) is 0 Å². The van der Waals surface area contributed by atoms with Crippen LogP contribution in [-0.4, -0.2) is 25.2 Å². The van der Waals surface area contributed by atoms with Crippen LogP contribution < -0.4 is 5.32 Å². The summed E-state index contributed by atoms with van der Waals surface area (Å²) in [5.74, 6) is 0.450. The molecule has 0 unspecified atom stereocenters. The highest BCUT2D eigenvalue weighted by atomic mass is 16.5. The van der Waals surface area contributed by atoms with Crippen molar-refractivity contribution in [1.82, 2.24) is 5.32 Å². The minimum absolute atomic E-state index is 0.143. The van der Waals surface area contributed by atoms with E-state index in [2.05, 4.69) is 5.32 Å². The fourth-order valence-corrected chi connectivity index (χ4v) is 1.83. The lowest BCUT2D eigenvalue weighted by Crippen LogP contribution is -2.46. The first-order valence-electron chi connectivity index (χ1n) is 5.92. The van der Waals surface area contributed by atoms with Crippen molar-refractivity contribution in [3.05, 3.63) is 0 Å². The first-order valence-corrected chi connectivity index (χ1v) is 5.92. The fourth-order valence-electron chi connectivity index (χ4n) is 1.83. The molecular weight excluding hydrogens is 190 g/mol. The second kappa shape index (κ2) is 5.50. The topological polar surface area (TPSA) is 38.3 Å². The molecule has 1 aliphatic carbocycles. The van der Waals surface area contributed by atoms with E-state index < -0.39 is 5.54 Å². The molecule has 0 aromatic heterocycles. The van der Waals surface area contributed by atoms with Crippen LogP contribution >= 0.6 is 0 Å². The molecule has 0 saturated heterocycles. The number of esters is 1. The Balaban J connectivity index is 2.26. The largest absolute Gasteiger partial charge is 0.464 e. The van der Waals surface area contributed by atoms with E-state index in [4.69, 9.17) is 4.74 Å². The van der Waals surface area contributed by atoms with Crippen LogP contribution in [0.4, 0.5) is 0 Å². The lowest BCUT2D eigenvalue weighted by atomic mass is 9.90. The maximum absolute atomic E-state index is 11.7. The van der Waals surface area contributed by atoms with Gasteiger partial charge in [0.1, 0.15) is 5.54 Å². The van der Waals surface area contributed by atoms with E-state index in [1.807, 2.05) is 13.8 Å². The number of hydrogen-bond acceptors (Lipinski definition) is 3. The number of hydrogen-bond donors (Lipinski definition) is 1. The van der Waals surface area contributed by atoms with Gasteiger partial charge in [0.2, 0.25) is 0 Å². The number of carbonyl (C=O) groups excluding carboxylic acids is 1. The summed E-state index contributed by atoms with van der Waals surface area (Å²) >= 11 is 0. The zero-order valence-electron chi connectivity index (χ0n) is 10.1. The van der Waals surface area contributed by atoms with Gasteiger partial charge in [0.15, 0.2) is 0 Å². The molecule has 88 valence electrons. The van der Waals surface area contributed by atoms with Gasteiger partial charge in [0.05, 0.1) is 6.61 Å². The van der Waals surface area contributed by atoms with Crippen LogP contribution in [0.1, 0.15) is 46.0 Å². The molecule has 0 heterocycles. The molecule has 0 aliphatic heterocycles. The Morgan fingerprint density at radius 2 is 1.93 bits per heavy atom. The average Bonchev–Trinajstić information content (AvgIpc) is 2.27. The molecule has 3 nitrogen and oxygen atoms in total. The Morgan fingerprint density at radius 3 is 2.47 bits per heavy atom. The van der Waals surface area contributed by atoms with Gasteiger partial charge in [-0.05, 0) is 39.7 Å². The van der Waals surface area contributed by atoms with E-state index in [1.165, 1.54) is 32.1 Å². The Morgan fingerprint density at radius 1 is 1.33 bits per heavy atom. The van der Waals surface area contributed by atoms with Gasteiger partial charge in [-0.1, -0.05) is 19.3 Å². The predicted octanol–water partition coefficient (Wildman–Crippen LogP) is 2.11. The molecule has 1 aliphatic rings. The van der Waals surface area contributed by atoms with Gasteiger partial charge in [-0.25, -0.2) is 0 Å². The van der Waals surface area contributed by atoms with Crippen LogP contribution in [0.25, 0.3) is 0 Å². The average molecular weight is 213 g/mol. The molecule has 0 radical (unpaired) electrons. The van der Waals surface area contributed by atoms with Gasteiger partial charge in [0.25, 0.3) is 0 Å². The molecule has 1 fully saturated rings.